The van der Waals surface area contributed by atoms with Crippen LogP contribution in [0.2, 0.25) is 0 Å². The average Bonchev–Trinajstić information content (AvgIpc) is 1.65. The predicted octanol–water partition coefficient (Wildman–Crippen LogP) is 1.69. The van der Waals surface area contributed by atoms with Gasteiger partial charge < -0.3 is 0 Å². The first-order valence-electron chi connectivity index (χ1n) is 2.74. The fraction of sp³-hybridized carbons (Fsp3) is 0.833. The number of nitrogens with zero attached hydrogens (tertiary/aromatic N) is 2. The Balaban J connectivity index is 4.16. The highest BCUT2D eigenvalue weighted by molar-refractivity contribution is 4.97. The Labute approximate surface area is 54.7 Å². The summed E-state index contributed by atoms with van der Waals surface area (Å²) in [4.78, 5) is 9.91. The number of nitroso groups, excluding NO2 is 1. The Morgan fingerprint density at radius 3 is 2.00 bits per heavy atom. The Kier molecular flexibility index (Phi) is 2.32. The molecule has 3 heteroatoms. The lowest BCUT2D eigenvalue weighted by molar-refractivity contribution is 0.372. The van der Waals surface area contributed by atoms with Gasteiger partial charge in [-0.1, -0.05) is 25.9 Å². The van der Waals surface area contributed by atoms with Crippen LogP contribution in [0.25, 0.3) is 0 Å². The molecule has 0 aromatic rings. The monoisotopic (exact) mass is 126 g/mol. The van der Waals surface area contributed by atoms with Crippen LogP contribution < -0.4 is 0 Å². The lowest BCUT2D eigenvalue weighted by Crippen LogP contribution is -2.21. The van der Waals surface area contributed by atoms with E-state index < -0.39 is 6.04 Å². The highest BCUT2D eigenvalue weighted by Gasteiger charge is 2.24. The summed E-state index contributed by atoms with van der Waals surface area (Å²) in [7, 11) is 0. The van der Waals surface area contributed by atoms with E-state index in [4.69, 9.17) is 5.26 Å². The van der Waals surface area contributed by atoms with E-state index in [0.717, 1.165) is 0 Å². The van der Waals surface area contributed by atoms with Crippen molar-refractivity contribution in [2.75, 3.05) is 0 Å². The van der Waals surface area contributed by atoms with Crippen molar-refractivity contribution in [2.45, 2.75) is 26.8 Å². The molecule has 0 spiro atoms. The van der Waals surface area contributed by atoms with Crippen LogP contribution in [-0.4, -0.2) is 6.04 Å². The zero-order valence-electron chi connectivity index (χ0n) is 5.88. The Morgan fingerprint density at radius 1 is 1.56 bits per heavy atom. The molecule has 0 rings (SSSR count). The second kappa shape index (κ2) is 2.58. The first kappa shape index (κ1) is 8.09. The molecule has 0 radical (unpaired) electrons. The molecule has 9 heavy (non-hydrogen) atoms. The number of hydrogen-bond donors (Lipinski definition) is 0. The minimum atomic E-state index is -0.725. The molecule has 1 atom stereocenters. The third-order valence-corrected chi connectivity index (χ3v) is 1.05. The molecule has 0 saturated carbocycles. The van der Waals surface area contributed by atoms with Gasteiger partial charge in [0.1, 0.15) is 0 Å². The summed E-state index contributed by atoms with van der Waals surface area (Å²) in [6, 6.07) is 1.09. The van der Waals surface area contributed by atoms with Gasteiger partial charge in [0, 0.05) is 5.41 Å². The minimum absolute atomic E-state index is 0.323. The van der Waals surface area contributed by atoms with E-state index in [9.17, 15) is 4.91 Å². The smallest absolute Gasteiger partial charge is 0.183 e. The first-order valence-corrected chi connectivity index (χ1v) is 2.74. The zero-order chi connectivity index (χ0) is 7.49. The molecular formula is C6H10N2O. The van der Waals surface area contributed by atoms with Crippen molar-refractivity contribution in [3.05, 3.63) is 4.91 Å². The van der Waals surface area contributed by atoms with E-state index in [1.807, 2.05) is 26.8 Å². The summed E-state index contributed by atoms with van der Waals surface area (Å²) in [6.45, 7) is 5.42. The van der Waals surface area contributed by atoms with E-state index in [-0.39, 0.29) is 5.41 Å². The second-order valence-electron chi connectivity index (χ2n) is 3.00. The maximum absolute atomic E-state index is 9.91. The van der Waals surface area contributed by atoms with Crippen molar-refractivity contribution in [1.82, 2.24) is 0 Å². The fourth-order valence-electron chi connectivity index (χ4n) is 0.375. The SMILES string of the molecule is CC(C)(C)C(C#N)N=O. The molecule has 0 amide bonds. The zero-order valence-corrected chi connectivity index (χ0v) is 5.88. The topological polar surface area (TPSA) is 53.2 Å². The van der Waals surface area contributed by atoms with E-state index in [2.05, 4.69) is 5.18 Å². The lowest BCUT2D eigenvalue weighted by Gasteiger charge is -2.17. The van der Waals surface area contributed by atoms with Gasteiger partial charge in [0.15, 0.2) is 6.04 Å². The fourth-order valence-corrected chi connectivity index (χ4v) is 0.375. The molecule has 0 fully saturated rings. The largest absolute Gasteiger partial charge is 0.196 e. The summed E-state index contributed by atoms with van der Waals surface area (Å²) in [5, 5.41) is 11.0. The van der Waals surface area contributed by atoms with Gasteiger partial charge in [0.05, 0.1) is 6.07 Å². The van der Waals surface area contributed by atoms with Gasteiger partial charge >= 0.3 is 0 Å². The molecule has 0 aromatic heterocycles. The third-order valence-electron chi connectivity index (χ3n) is 1.05. The number of nitriles is 1. The average molecular weight is 126 g/mol. The summed E-state index contributed by atoms with van der Waals surface area (Å²) >= 11 is 0. The van der Waals surface area contributed by atoms with E-state index in [1.54, 1.807) is 0 Å². The van der Waals surface area contributed by atoms with E-state index >= 15 is 0 Å². The van der Waals surface area contributed by atoms with Crippen molar-refractivity contribution < 1.29 is 0 Å². The Bertz CT molecular complexity index is 140. The quantitative estimate of drug-likeness (QED) is 0.502. The van der Waals surface area contributed by atoms with Crippen LogP contribution in [0.15, 0.2) is 5.18 Å². The highest BCUT2D eigenvalue weighted by Crippen LogP contribution is 2.20. The van der Waals surface area contributed by atoms with Gasteiger partial charge in [0.2, 0.25) is 0 Å². The molecule has 0 bridgehead atoms. The van der Waals surface area contributed by atoms with Crippen LogP contribution in [-0.2, 0) is 0 Å². The standard InChI is InChI=1S/C6H10N2O/c1-6(2,3)5(4-7)8-9/h5H,1-3H3. The van der Waals surface area contributed by atoms with Gasteiger partial charge in [-0.2, -0.15) is 5.26 Å². The molecule has 3 nitrogen and oxygen atoms in total. The summed E-state index contributed by atoms with van der Waals surface area (Å²) in [6.07, 6.45) is 0. The second-order valence-corrected chi connectivity index (χ2v) is 3.00. The predicted molar refractivity (Wildman–Crippen MR) is 34.7 cm³/mol. The molecule has 0 aliphatic heterocycles. The van der Waals surface area contributed by atoms with Gasteiger partial charge in [0.25, 0.3) is 0 Å². The molecule has 0 saturated heterocycles. The molecule has 0 N–H and O–H groups in total. The third kappa shape index (κ3) is 2.22. The van der Waals surface area contributed by atoms with Crippen molar-refractivity contribution >= 4 is 0 Å². The van der Waals surface area contributed by atoms with Gasteiger partial charge in [-0.25, -0.2) is 0 Å². The van der Waals surface area contributed by atoms with Crippen LogP contribution in [0.1, 0.15) is 20.8 Å². The summed E-state index contributed by atoms with van der Waals surface area (Å²) in [5.74, 6) is 0. The number of hydrogen-bond acceptors (Lipinski definition) is 3. The maximum atomic E-state index is 9.91. The van der Waals surface area contributed by atoms with Crippen LogP contribution in [0.4, 0.5) is 0 Å². The molecular weight excluding hydrogens is 116 g/mol. The first-order chi connectivity index (χ1) is 4.02. The normalized spacial score (nSPS) is 14.0. The molecule has 0 heterocycles. The van der Waals surface area contributed by atoms with E-state index in [0.29, 0.717) is 0 Å². The van der Waals surface area contributed by atoms with Crippen LogP contribution >= 0.6 is 0 Å². The molecule has 0 aliphatic carbocycles. The van der Waals surface area contributed by atoms with Crippen molar-refractivity contribution in [1.29, 1.82) is 5.26 Å². The van der Waals surface area contributed by atoms with Crippen LogP contribution in [0.5, 0.6) is 0 Å². The minimum Gasteiger partial charge on any atom is -0.196 e. The highest BCUT2D eigenvalue weighted by atomic mass is 16.3. The maximum Gasteiger partial charge on any atom is 0.183 e. The molecule has 0 aromatic carbocycles. The van der Waals surface area contributed by atoms with Crippen molar-refractivity contribution in [2.24, 2.45) is 10.6 Å². The van der Waals surface area contributed by atoms with Crippen LogP contribution in [0.3, 0.4) is 0 Å². The van der Waals surface area contributed by atoms with Crippen LogP contribution in [0, 0.1) is 21.7 Å². The summed E-state index contributed by atoms with van der Waals surface area (Å²) in [5.41, 5.74) is -0.323. The van der Waals surface area contributed by atoms with Gasteiger partial charge in [-0.15, -0.1) is 4.91 Å². The Morgan fingerprint density at radius 2 is 2.00 bits per heavy atom. The Hall–Kier alpha value is -0.910. The van der Waals surface area contributed by atoms with Crippen molar-refractivity contribution in [3.63, 3.8) is 0 Å². The molecule has 1 unspecified atom stereocenters. The van der Waals surface area contributed by atoms with Gasteiger partial charge in [-0.05, 0) is 0 Å². The lowest BCUT2D eigenvalue weighted by atomic mass is 9.88. The molecule has 50 valence electrons. The van der Waals surface area contributed by atoms with E-state index in [1.165, 1.54) is 0 Å². The summed E-state index contributed by atoms with van der Waals surface area (Å²) < 4.78 is 0. The number of rotatable bonds is 1. The van der Waals surface area contributed by atoms with Gasteiger partial charge in [-0.3, -0.25) is 0 Å². The van der Waals surface area contributed by atoms with Crippen molar-refractivity contribution in [3.8, 4) is 6.07 Å². The molecule has 0 aliphatic rings.